The number of halogens is 1. The van der Waals surface area contributed by atoms with E-state index < -0.39 is 17.7 Å². The first-order valence-corrected chi connectivity index (χ1v) is 9.51. The molecule has 3 aromatic rings. The lowest BCUT2D eigenvalue weighted by atomic mass is 10.0. The van der Waals surface area contributed by atoms with Crippen molar-refractivity contribution in [2.75, 3.05) is 11.9 Å². The average Bonchev–Trinajstić information content (AvgIpc) is 2.73. The highest BCUT2D eigenvalue weighted by atomic mass is 19.1. The Morgan fingerprint density at radius 3 is 2.43 bits per heavy atom. The van der Waals surface area contributed by atoms with E-state index in [0.29, 0.717) is 11.4 Å². The van der Waals surface area contributed by atoms with E-state index in [-0.39, 0.29) is 18.3 Å². The van der Waals surface area contributed by atoms with E-state index in [9.17, 15) is 14.0 Å². The van der Waals surface area contributed by atoms with Crippen LogP contribution in [0.15, 0.2) is 72.8 Å². The van der Waals surface area contributed by atoms with E-state index in [2.05, 4.69) is 5.32 Å². The number of ether oxygens (including phenoxy) is 2. The average molecular weight is 407 g/mol. The Balaban J connectivity index is 1.71. The van der Waals surface area contributed by atoms with Crippen LogP contribution in [0, 0.1) is 5.82 Å². The SMILES string of the molecule is CC(C)OC(=O)COc1cccc(NC(=O)c2cc(-c3ccccc3)ccc2F)c1. The number of benzene rings is 3. The second-order valence-electron chi connectivity index (χ2n) is 6.87. The molecule has 0 unspecified atom stereocenters. The Kier molecular flexibility index (Phi) is 6.80. The Morgan fingerprint density at radius 1 is 0.933 bits per heavy atom. The van der Waals surface area contributed by atoms with Crippen molar-refractivity contribution in [3.63, 3.8) is 0 Å². The van der Waals surface area contributed by atoms with Gasteiger partial charge in [0.1, 0.15) is 11.6 Å². The molecule has 1 amide bonds. The van der Waals surface area contributed by atoms with Gasteiger partial charge in [-0.15, -0.1) is 0 Å². The molecular weight excluding hydrogens is 385 g/mol. The van der Waals surface area contributed by atoms with Crippen LogP contribution < -0.4 is 10.1 Å². The van der Waals surface area contributed by atoms with E-state index >= 15 is 0 Å². The monoisotopic (exact) mass is 407 g/mol. The van der Waals surface area contributed by atoms with Crippen LogP contribution in [-0.2, 0) is 9.53 Å². The lowest BCUT2D eigenvalue weighted by Gasteiger charge is -2.11. The molecular formula is C24H22FNO4. The van der Waals surface area contributed by atoms with Gasteiger partial charge in [-0.05, 0) is 49.2 Å². The molecule has 30 heavy (non-hydrogen) atoms. The van der Waals surface area contributed by atoms with Crippen molar-refractivity contribution in [2.24, 2.45) is 0 Å². The normalized spacial score (nSPS) is 10.5. The minimum atomic E-state index is -0.615. The van der Waals surface area contributed by atoms with Crippen molar-refractivity contribution >= 4 is 17.6 Å². The molecule has 0 radical (unpaired) electrons. The van der Waals surface area contributed by atoms with E-state index in [1.807, 2.05) is 30.3 Å². The fourth-order valence-corrected chi connectivity index (χ4v) is 2.81. The topological polar surface area (TPSA) is 64.6 Å². The van der Waals surface area contributed by atoms with Gasteiger partial charge < -0.3 is 14.8 Å². The summed E-state index contributed by atoms with van der Waals surface area (Å²) in [5.74, 6) is -1.30. The van der Waals surface area contributed by atoms with Gasteiger partial charge in [-0.1, -0.05) is 42.5 Å². The molecule has 0 spiro atoms. The third kappa shape index (κ3) is 5.67. The van der Waals surface area contributed by atoms with Crippen LogP contribution >= 0.6 is 0 Å². The molecule has 1 N–H and O–H groups in total. The number of anilines is 1. The van der Waals surface area contributed by atoms with Crippen LogP contribution in [0.2, 0.25) is 0 Å². The standard InChI is InChI=1S/C24H22FNO4/c1-16(2)30-23(27)15-29-20-10-6-9-19(14-20)26-24(28)21-13-18(11-12-22(21)25)17-7-4-3-5-8-17/h3-14,16H,15H2,1-2H3,(H,26,28). The molecule has 0 saturated heterocycles. The van der Waals surface area contributed by atoms with Gasteiger partial charge >= 0.3 is 5.97 Å². The Hall–Kier alpha value is -3.67. The molecule has 3 aromatic carbocycles. The Labute approximate surface area is 174 Å². The fraction of sp³-hybridized carbons (Fsp3) is 0.167. The number of carbonyl (C=O) groups is 2. The van der Waals surface area contributed by atoms with Crippen molar-refractivity contribution in [3.8, 4) is 16.9 Å². The van der Waals surface area contributed by atoms with Crippen LogP contribution in [-0.4, -0.2) is 24.6 Å². The van der Waals surface area contributed by atoms with Crippen molar-refractivity contribution < 1.29 is 23.5 Å². The summed E-state index contributed by atoms with van der Waals surface area (Å²) in [7, 11) is 0. The van der Waals surface area contributed by atoms with E-state index in [0.717, 1.165) is 11.1 Å². The molecule has 0 aromatic heterocycles. The number of amides is 1. The number of hydrogen-bond acceptors (Lipinski definition) is 4. The molecule has 0 atom stereocenters. The maximum atomic E-state index is 14.3. The minimum Gasteiger partial charge on any atom is -0.482 e. The number of nitrogens with one attached hydrogen (secondary N) is 1. The Morgan fingerprint density at radius 2 is 1.70 bits per heavy atom. The zero-order valence-corrected chi connectivity index (χ0v) is 16.7. The second kappa shape index (κ2) is 9.69. The van der Waals surface area contributed by atoms with Gasteiger partial charge in [-0.3, -0.25) is 4.79 Å². The van der Waals surface area contributed by atoms with Gasteiger partial charge in [-0.2, -0.15) is 0 Å². The van der Waals surface area contributed by atoms with E-state index in [1.165, 1.54) is 12.1 Å². The molecule has 3 rings (SSSR count). The number of esters is 1. The lowest BCUT2D eigenvalue weighted by Crippen LogP contribution is -2.18. The molecule has 0 heterocycles. The summed E-state index contributed by atoms with van der Waals surface area (Å²) >= 11 is 0. The lowest BCUT2D eigenvalue weighted by molar-refractivity contribution is -0.149. The fourth-order valence-electron chi connectivity index (χ4n) is 2.81. The summed E-state index contributed by atoms with van der Waals surface area (Å²) < 4.78 is 24.7. The largest absolute Gasteiger partial charge is 0.482 e. The molecule has 6 heteroatoms. The molecule has 154 valence electrons. The van der Waals surface area contributed by atoms with Gasteiger partial charge in [0.15, 0.2) is 6.61 Å². The summed E-state index contributed by atoms with van der Waals surface area (Å²) in [6.07, 6.45) is -0.228. The highest BCUT2D eigenvalue weighted by Gasteiger charge is 2.14. The molecule has 0 fully saturated rings. The second-order valence-corrected chi connectivity index (χ2v) is 6.87. The van der Waals surface area contributed by atoms with Crippen LogP contribution in [0.25, 0.3) is 11.1 Å². The molecule has 0 aliphatic carbocycles. The first-order chi connectivity index (χ1) is 14.4. The van der Waals surface area contributed by atoms with E-state index in [4.69, 9.17) is 9.47 Å². The van der Waals surface area contributed by atoms with Crippen LogP contribution in [0.3, 0.4) is 0 Å². The van der Waals surface area contributed by atoms with Crippen LogP contribution in [0.1, 0.15) is 24.2 Å². The zero-order chi connectivity index (χ0) is 21.5. The van der Waals surface area contributed by atoms with Gasteiger partial charge in [0.25, 0.3) is 5.91 Å². The highest BCUT2D eigenvalue weighted by molar-refractivity contribution is 6.05. The molecule has 0 saturated carbocycles. The molecule has 0 aliphatic heterocycles. The third-order valence-corrected chi connectivity index (χ3v) is 4.13. The van der Waals surface area contributed by atoms with Gasteiger partial charge in [-0.25, -0.2) is 9.18 Å². The first kappa shape index (κ1) is 21.0. The van der Waals surface area contributed by atoms with Gasteiger partial charge in [0.2, 0.25) is 0 Å². The van der Waals surface area contributed by atoms with Crippen LogP contribution in [0.5, 0.6) is 5.75 Å². The smallest absolute Gasteiger partial charge is 0.344 e. The zero-order valence-electron chi connectivity index (χ0n) is 16.7. The quantitative estimate of drug-likeness (QED) is 0.555. The van der Waals surface area contributed by atoms with Crippen molar-refractivity contribution in [3.05, 3.63) is 84.2 Å². The molecule has 0 bridgehead atoms. The predicted octanol–water partition coefficient (Wildman–Crippen LogP) is 5.08. The number of carbonyl (C=O) groups excluding carboxylic acids is 2. The minimum absolute atomic E-state index is 0.0665. The first-order valence-electron chi connectivity index (χ1n) is 9.51. The summed E-state index contributed by atoms with van der Waals surface area (Å²) in [5, 5.41) is 2.66. The summed E-state index contributed by atoms with van der Waals surface area (Å²) in [4.78, 5) is 24.3. The summed E-state index contributed by atoms with van der Waals surface area (Å²) in [6.45, 7) is 3.25. The molecule has 5 nitrogen and oxygen atoms in total. The van der Waals surface area contributed by atoms with Crippen molar-refractivity contribution in [2.45, 2.75) is 20.0 Å². The molecule has 0 aliphatic rings. The highest BCUT2D eigenvalue weighted by Crippen LogP contribution is 2.23. The predicted molar refractivity (Wildman–Crippen MR) is 113 cm³/mol. The number of rotatable bonds is 7. The van der Waals surface area contributed by atoms with Crippen molar-refractivity contribution in [1.82, 2.24) is 0 Å². The maximum Gasteiger partial charge on any atom is 0.344 e. The number of hydrogen-bond donors (Lipinski definition) is 1. The Bertz CT molecular complexity index is 1030. The van der Waals surface area contributed by atoms with Gasteiger partial charge in [0, 0.05) is 11.8 Å². The van der Waals surface area contributed by atoms with E-state index in [1.54, 1.807) is 44.2 Å². The van der Waals surface area contributed by atoms with Gasteiger partial charge in [0.05, 0.1) is 11.7 Å². The summed E-state index contributed by atoms with van der Waals surface area (Å²) in [5.41, 5.74) is 1.97. The maximum absolute atomic E-state index is 14.3. The third-order valence-electron chi connectivity index (χ3n) is 4.13. The van der Waals surface area contributed by atoms with Crippen LogP contribution in [0.4, 0.5) is 10.1 Å². The summed E-state index contributed by atoms with van der Waals surface area (Å²) in [6, 6.07) is 20.4. The van der Waals surface area contributed by atoms with Crippen molar-refractivity contribution in [1.29, 1.82) is 0 Å².